The number of nitrogens with one attached hydrogen (secondary N) is 1. The molecule has 1 amide bonds. The molecule has 6 nitrogen and oxygen atoms in total. The van der Waals surface area contributed by atoms with E-state index in [0.717, 1.165) is 23.4 Å². The van der Waals surface area contributed by atoms with Gasteiger partial charge < -0.3 is 10.2 Å². The lowest BCUT2D eigenvalue weighted by Gasteiger charge is -2.35. The molecule has 3 aromatic rings. The first-order valence-electron chi connectivity index (χ1n) is 10.4. The van der Waals surface area contributed by atoms with Gasteiger partial charge >= 0.3 is 0 Å². The minimum absolute atomic E-state index is 0.121. The first kappa shape index (κ1) is 23.2. The van der Waals surface area contributed by atoms with Gasteiger partial charge in [-0.1, -0.05) is 35.9 Å². The smallest absolute Gasteiger partial charge is 0.258 e. The number of aryl methyl sites for hydroxylation is 1. The van der Waals surface area contributed by atoms with Gasteiger partial charge in [0.1, 0.15) is 5.82 Å². The summed E-state index contributed by atoms with van der Waals surface area (Å²) >= 11 is 6.08. The Hall–Kier alpha value is -2.94. The van der Waals surface area contributed by atoms with Crippen LogP contribution in [0.4, 0.5) is 15.8 Å². The number of hydrogen-bond acceptors (Lipinski definition) is 4. The highest BCUT2D eigenvalue weighted by Crippen LogP contribution is 2.24. The first-order valence-corrected chi connectivity index (χ1v) is 12.2. The quantitative estimate of drug-likeness (QED) is 0.573. The Labute approximate surface area is 197 Å². The van der Waals surface area contributed by atoms with Crippen LogP contribution in [0.1, 0.15) is 15.9 Å². The van der Waals surface area contributed by atoms with Gasteiger partial charge in [0, 0.05) is 42.6 Å². The predicted octanol–water partition coefficient (Wildman–Crippen LogP) is 4.55. The lowest BCUT2D eigenvalue weighted by molar-refractivity contribution is 0.102. The zero-order valence-corrected chi connectivity index (χ0v) is 19.5. The van der Waals surface area contributed by atoms with Crippen molar-refractivity contribution in [2.75, 3.05) is 36.4 Å². The molecule has 0 atom stereocenters. The molecular formula is C24H23ClFN3O3S. The van der Waals surface area contributed by atoms with Gasteiger partial charge in [0.2, 0.25) is 10.0 Å². The van der Waals surface area contributed by atoms with Crippen molar-refractivity contribution in [3.05, 3.63) is 88.7 Å². The van der Waals surface area contributed by atoms with Crippen LogP contribution in [-0.2, 0) is 10.0 Å². The lowest BCUT2D eigenvalue weighted by Crippen LogP contribution is -2.48. The normalized spacial score (nSPS) is 14.8. The molecule has 0 radical (unpaired) electrons. The van der Waals surface area contributed by atoms with Crippen molar-refractivity contribution in [3.8, 4) is 0 Å². The van der Waals surface area contributed by atoms with Crippen LogP contribution in [0.5, 0.6) is 0 Å². The van der Waals surface area contributed by atoms with E-state index in [4.69, 9.17) is 11.6 Å². The highest BCUT2D eigenvalue weighted by molar-refractivity contribution is 7.89. The monoisotopic (exact) mass is 487 g/mol. The number of sulfonamides is 1. The molecule has 0 aromatic heterocycles. The summed E-state index contributed by atoms with van der Waals surface area (Å²) in [6, 6.07) is 18.0. The summed E-state index contributed by atoms with van der Waals surface area (Å²) in [6.07, 6.45) is 0. The van der Waals surface area contributed by atoms with Crippen molar-refractivity contribution in [1.82, 2.24) is 4.31 Å². The molecule has 1 fully saturated rings. The molecule has 1 saturated heterocycles. The molecule has 0 spiro atoms. The number of anilines is 2. The van der Waals surface area contributed by atoms with Gasteiger partial charge in [0.25, 0.3) is 5.91 Å². The Kier molecular flexibility index (Phi) is 6.69. The Bertz CT molecular complexity index is 1280. The average molecular weight is 488 g/mol. The highest BCUT2D eigenvalue weighted by Gasteiger charge is 2.30. The molecule has 172 valence electrons. The molecule has 4 rings (SSSR count). The molecular weight excluding hydrogens is 465 g/mol. The van der Waals surface area contributed by atoms with Crippen LogP contribution in [0.25, 0.3) is 0 Å². The minimum Gasteiger partial charge on any atom is -0.369 e. The summed E-state index contributed by atoms with van der Waals surface area (Å²) in [4.78, 5) is 14.7. The number of benzene rings is 3. The van der Waals surface area contributed by atoms with E-state index in [1.165, 1.54) is 10.4 Å². The summed E-state index contributed by atoms with van der Waals surface area (Å²) in [5, 5.41) is 3.03. The fraction of sp³-hybridized carbons (Fsp3) is 0.208. The molecule has 33 heavy (non-hydrogen) atoms. The molecule has 1 aliphatic rings. The summed E-state index contributed by atoms with van der Waals surface area (Å²) in [7, 11) is -3.89. The second-order valence-electron chi connectivity index (χ2n) is 7.79. The molecule has 1 heterocycles. The Morgan fingerprint density at radius 1 is 0.970 bits per heavy atom. The van der Waals surface area contributed by atoms with Crippen LogP contribution >= 0.6 is 11.6 Å². The molecule has 1 N–H and O–H groups in total. The second kappa shape index (κ2) is 9.51. The number of carbonyl (C=O) groups excluding carboxylic acids is 1. The third kappa shape index (κ3) is 5.03. The van der Waals surface area contributed by atoms with E-state index in [0.29, 0.717) is 23.8 Å². The van der Waals surface area contributed by atoms with Crippen molar-refractivity contribution in [2.45, 2.75) is 11.8 Å². The van der Waals surface area contributed by atoms with E-state index >= 15 is 0 Å². The fourth-order valence-corrected chi connectivity index (χ4v) is 5.31. The SMILES string of the molecule is Cc1ccc(NC(=O)c2cc(S(=O)(=O)N3CCN(c4ccccc4)CC3)ccc2F)cc1Cl. The molecule has 3 aromatic carbocycles. The number of amides is 1. The highest BCUT2D eigenvalue weighted by atomic mass is 35.5. The third-order valence-electron chi connectivity index (χ3n) is 5.61. The molecule has 0 saturated carbocycles. The van der Waals surface area contributed by atoms with Gasteiger partial charge in [0.15, 0.2) is 0 Å². The van der Waals surface area contributed by atoms with E-state index in [1.54, 1.807) is 18.2 Å². The van der Waals surface area contributed by atoms with Crippen LogP contribution in [-0.4, -0.2) is 44.8 Å². The zero-order valence-electron chi connectivity index (χ0n) is 18.0. The van der Waals surface area contributed by atoms with Gasteiger partial charge in [-0.05, 0) is 55.0 Å². The fourth-order valence-electron chi connectivity index (χ4n) is 3.68. The maximum atomic E-state index is 14.4. The number of para-hydroxylation sites is 1. The predicted molar refractivity (Wildman–Crippen MR) is 128 cm³/mol. The third-order valence-corrected chi connectivity index (χ3v) is 7.91. The molecule has 9 heteroatoms. The summed E-state index contributed by atoms with van der Waals surface area (Å²) in [5.74, 6) is -1.56. The maximum Gasteiger partial charge on any atom is 0.258 e. The number of piperazine rings is 1. The standard InChI is InChI=1S/C24H23ClFN3O3S/c1-17-7-8-18(15-22(17)25)27-24(30)21-16-20(9-10-23(21)26)33(31,32)29-13-11-28(12-14-29)19-5-3-2-4-6-19/h2-10,15-16H,11-14H2,1H3,(H,27,30). The van der Waals surface area contributed by atoms with Gasteiger partial charge in [-0.3, -0.25) is 4.79 Å². The lowest BCUT2D eigenvalue weighted by atomic mass is 10.2. The molecule has 0 bridgehead atoms. The van der Waals surface area contributed by atoms with Gasteiger partial charge in [-0.2, -0.15) is 4.31 Å². The molecule has 0 unspecified atom stereocenters. The second-order valence-corrected chi connectivity index (χ2v) is 10.1. The Morgan fingerprint density at radius 3 is 2.33 bits per heavy atom. The van der Waals surface area contributed by atoms with E-state index < -0.39 is 21.7 Å². The number of rotatable bonds is 5. The van der Waals surface area contributed by atoms with Gasteiger partial charge in [-0.25, -0.2) is 12.8 Å². The Morgan fingerprint density at radius 2 is 1.67 bits per heavy atom. The van der Waals surface area contributed by atoms with Crippen LogP contribution in [0.2, 0.25) is 5.02 Å². The average Bonchev–Trinajstić information content (AvgIpc) is 2.82. The maximum absolute atomic E-state index is 14.4. The number of nitrogens with zero attached hydrogens (tertiary/aromatic N) is 2. The van der Waals surface area contributed by atoms with E-state index in [9.17, 15) is 17.6 Å². The minimum atomic E-state index is -3.89. The summed E-state index contributed by atoms with van der Waals surface area (Å²) < 4.78 is 42.2. The van der Waals surface area contributed by atoms with Gasteiger partial charge in [-0.15, -0.1) is 0 Å². The molecule has 0 aliphatic carbocycles. The van der Waals surface area contributed by atoms with E-state index in [-0.39, 0.29) is 23.5 Å². The summed E-state index contributed by atoms with van der Waals surface area (Å²) in [6.45, 7) is 3.47. The van der Waals surface area contributed by atoms with Crippen molar-refractivity contribution in [3.63, 3.8) is 0 Å². The van der Waals surface area contributed by atoms with E-state index in [1.807, 2.05) is 37.3 Å². The molecule has 1 aliphatic heterocycles. The number of halogens is 2. The Balaban J connectivity index is 1.51. The van der Waals surface area contributed by atoms with E-state index in [2.05, 4.69) is 10.2 Å². The number of carbonyl (C=O) groups is 1. The van der Waals surface area contributed by atoms with Crippen molar-refractivity contribution in [1.29, 1.82) is 0 Å². The van der Waals surface area contributed by atoms with Crippen molar-refractivity contribution < 1.29 is 17.6 Å². The van der Waals surface area contributed by atoms with Crippen LogP contribution in [0.3, 0.4) is 0 Å². The van der Waals surface area contributed by atoms with Gasteiger partial charge in [0.05, 0.1) is 10.5 Å². The summed E-state index contributed by atoms with van der Waals surface area (Å²) in [5.41, 5.74) is 1.91. The topological polar surface area (TPSA) is 69.7 Å². The van der Waals surface area contributed by atoms with Crippen molar-refractivity contribution >= 4 is 38.9 Å². The first-order chi connectivity index (χ1) is 15.8. The number of hydrogen-bond donors (Lipinski definition) is 1. The van der Waals surface area contributed by atoms with Crippen LogP contribution < -0.4 is 10.2 Å². The van der Waals surface area contributed by atoms with Crippen LogP contribution in [0.15, 0.2) is 71.6 Å². The van der Waals surface area contributed by atoms with Crippen LogP contribution in [0, 0.1) is 12.7 Å². The largest absolute Gasteiger partial charge is 0.369 e. The van der Waals surface area contributed by atoms with Crippen molar-refractivity contribution in [2.24, 2.45) is 0 Å². The zero-order chi connectivity index (χ0) is 23.6.